The Bertz CT molecular complexity index is 355. The lowest BCUT2D eigenvalue weighted by Crippen LogP contribution is -2.29. The SMILES string of the molecule is CCOc1ccc(C)cc1C(O)C(N)CCO. The molecule has 4 heteroatoms. The van der Waals surface area contributed by atoms with E-state index in [0.29, 0.717) is 24.3 Å². The number of aryl methyl sites for hydroxylation is 1. The van der Waals surface area contributed by atoms with Gasteiger partial charge in [-0.1, -0.05) is 11.6 Å². The summed E-state index contributed by atoms with van der Waals surface area (Å²) in [5.41, 5.74) is 7.54. The first-order valence-corrected chi connectivity index (χ1v) is 5.88. The van der Waals surface area contributed by atoms with Gasteiger partial charge in [0.05, 0.1) is 12.7 Å². The molecule has 0 saturated heterocycles. The number of aliphatic hydroxyl groups is 2. The van der Waals surface area contributed by atoms with E-state index < -0.39 is 12.1 Å². The van der Waals surface area contributed by atoms with Crippen molar-refractivity contribution in [3.05, 3.63) is 29.3 Å². The molecule has 96 valence electrons. The van der Waals surface area contributed by atoms with E-state index in [-0.39, 0.29) is 6.61 Å². The van der Waals surface area contributed by atoms with E-state index in [4.69, 9.17) is 15.6 Å². The Hall–Kier alpha value is -1.10. The van der Waals surface area contributed by atoms with Crippen LogP contribution in [0.2, 0.25) is 0 Å². The van der Waals surface area contributed by atoms with Crippen LogP contribution in [-0.2, 0) is 0 Å². The standard InChI is InChI=1S/C13H21NO3/c1-3-17-12-5-4-9(2)8-10(12)13(16)11(14)6-7-15/h4-5,8,11,13,15-16H,3,6-7,14H2,1-2H3. The van der Waals surface area contributed by atoms with E-state index in [1.807, 2.05) is 32.0 Å². The Balaban J connectivity index is 2.96. The van der Waals surface area contributed by atoms with Gasteiger partial charge in [0.25, 0.3) is 0 Å². The van der Waals surface area contributed by atoms with Crippen molar-refractivity contribution in [3.63, 3.8) is 0 Å². The number of nitrogens with two attached hydrogens (primary N) is 1. The van der Waals surface area contributed by atoms with Gasteiger partial charge in [-0.2, -0.15) is 0 Å². The minimum atomic E-state index is -0.816. The predicted molar refractivity (Wildman–Crippen MR) is 67.0 cm³/mol. The highest BCUT2D eigenvalue weighted by Gasteiger charge is 2.20. The van der Waals surface area contributed by atoms with Gasteiger partial charge in [0.1, 0.15) is 5.75 Å². The van der Waals surface area contributed by atoms with E-state index in [1.165, 1.54) is 0 Å². The van der Waals surface area contributed by atoms with Gasteiger partial charge in [0.15, 0.2) is 0 Å². The first-order valence-electron chi connectivity index (χ1n) is 5.88. The largest absolute Gasteiger partial charge is 0.493 e. The van der Waals surface area contributed by atoms with Crippen molar-refractivity contribution < 1.29 is 14.9 Å². The Kier molecular flexibility index (Phi) is 5.41. The second-order valence-electron chi connectivity index (χ2n) is 4.10. The molecule has 0 fully saturated rings. The summed E-state index contributed by atoms with van der Waals surface area (Å²) in [6.07, 6.45) is -0.454. The molecule has 1 aromatic carbocycles. The van der Waals surface area contributed by atoms with Crippen molar-refractivity contribution in [2.24, 2.45) is 5.73 Å². The van der Waals surface area contributed by atoms with Crippen LogP contribution in [0.1, 0.15) is 30.6 Å². The normalized spacial score (nSPS) is 14.4. The summed E-state index contributed by atoms with van der Waals surface area (Å²) in [4.78, 5) is 0. The van der Waals surface area contributed by atoms with Gasteiger partial charge in [0, 0.05) is 18.2 Å². The highest BCUT2D eigenvalue weighted by molar-refractivity contribution is 5.39. The molecule has 0 aliphatic heterocycles. The molecule has 4 N–H and O–H groups in total. The number of benzene rings is 1. The highest BCUT2D eigenvalue weighted by Crippen LogP contribution is 2.28. The molecule has 4 nitrogen and oxygen atoms in total. The Morgan fingerprint density at radius 3 is 2.71 bits per heavy atom. The Labute approximate surface area is 102 Å². The van der Waals surface area contributed by atoms with Crippen LogP contribution >= 0.6 is 0 Å². The first kappa shape index (κ1) is 14.0. The molecule has 0 saturated carbocycles. The topological polar surface area (TPSA) is 75.7 Å². The van der Waals surface area contributed by atoms with E-state index >= 15 is 0 Å². The van der Waals surface area contributed by atoms with Crippen LogP contribution in [0, 0.1) is 6.92 Å². The predicted octanol–water partition coefficient (Wildman–Crippen LogP) is 1.14. The molecule has 0 amide bonds. The minimum Gasteiger partial charge on any atom is -0.493 e. The summed E-state index contributed by atoms with van der Waals surface area (Å²) in [5, 5.41) is 19.0. The van der Waals surface area contributed by atoms with Crippen LogP contribution < -0.4 is 10.5 Å². The van der Waals surface area contributed by atoms with E-state index in [2.05, 4.69) is 0 Å². The lowest BCUT2D eigenvalue weighted by atomic mass is 9.98. The average Bonchev–Trinajstić information content (AvgIpc) is 2.31. The molecule has 0 aliphatic rings. The fraction of sp³-hybridized carbons (Fsp3) is 0.538. The number of aliphatic hydroxyl groups excluding tert-OH is 2. The molecule has 0 radical (unpaired) electrons. The number of ether oxygens (including phenoxy) is 1. The molecular weight excluding hydrogens is 218 g/mol. The summed E-state index contributed by atoms with van der Waals surface area (Å²) in [5.74, 6) is 0.652. The maximum atomic E-state index is 10.1. The second kappa shape index (κ2) is 6.59. The Morgan fingerprint density at radius 1 is 1.41 bits per heavy atom. The van der Waals surface area contributed by atoms with E-state index in [9.17, 15) is 5.11 Å². The zero-order chi connectivity index (χ0) is 12.8. The fourth-order valence-electron chi connectivity index (χ4n) is 1.72. The number of hydrogen-bond acceptors (Lipinski definition) is 4. The quantitative estimate of drug-likeness (QED) is 0.695. The molecule has 2 unspecified atom stereocenters. The highest BCUT2D eigenvalue weighted by atomic mass is 16.5. The van der Waals surface area contributed by atoms with Crippen LogP contribution in [0.3, 0.4) is 0 Å². The first-order chi connectivity index (χ1) is 8.10. The monoisotopic (exact) mass is 239 g/mol. The summed E-state index contributed by atoms with van der Waals surface area (Å²) >= 11 is 0. The third-order valence-electron chi connectivity index (χ3n) is 2.65. The van der Waals surface area contributed by atoms with Crippen molar-refractivity contribution >= 4 is 0 Å². The third-order valence-corrected chi connectivity index (χ3v) is 2.65. The van der Waals surface area contributed by atoms with Crippen molar-refractivity contribution in [2.45, 2.75) is 32.4 Å². The molecular formula is C13H21NO3. The summed E-state index contributed by atoms with van der Waals surface area (Å²) < 4.78 is 5.46. The molecule has 0 aliphatic carbocycles. The van der Waals surface area contributed by atoms with Gasteiger partial charge >= 0.3 is 0 Å². The van der Waals surface area contributed by atoms with Crippen molar-refractivity contribution in [1.82, 2.24) is 0 Å². The molecule has 0 spiro atoms. The smallest absolute Gasteiger partial charge is 0.125 e. The summed E-state index contributed by atoms with van der Waals surface area (Å²) in [7, 11) is 0. The van der Waals surface area contributed by atoms with Crippen LogP contribution in [0.25, 0.3) is 0 Å². The maximum absolute atomic E-state index is 10.1. The minimum absolute atomic E-state index is 0.0337. The number of hydrogen-bond donors (Lipinski definition) is 3. The lowest BCUT2D eigenvalue weighted by molar-refractivity contribution is 0.125. The zero-order valence-corrected chi connectivity index (χ0v) is 10.4. The van der Waals surface area contributed by atoms with Crippen molar-refractivity contribution in [2.75, 3.05) is 13.2 Å². The average molecular weight is 239 g/mol. The van der Waals surface area contributed by atoms with E-state index in [0.717, 1.165) is 5.56 Å². The van der Waals surface area contributed by atoms with Gasteiger partial charge in [0.2, 0.25) is 0 Å². The molecule has 1 rings (SSSR count). The molecule has 2 atom stereocenters. The van der Waals surface area contributed by atoms with Gasteiger partial charge in [-0.15, -0.1) is 0 Å². The van der Waals surface area contributed by atoms with Gasteiger partial charge in [-0.3, -0.25) is 0 Å². The molecule has 1 aromatic rings. The lowest BCUT2D eigenvalue weighted by Gasteiger charge is -2.21. The third kappa shape index (κ3) is 3.70. The zero-order valence-electron chi connectivity index (χ0n) is 10.4. The van der Waals surface area contributed by atoms with Crippen LogP contribution in [0.15, 0.2) is 18.2 Å². The van der Waals surface area contributed by atoms with Gasteiger partial charge < -0.3 is 20.7 Å². The van der Waals surface area contributed by atoms with Crippen molar-refractivity contribution in [3.8, 4) is 5.75 Å². The molecule has 0 heterocycles. The summed E-state index contributed by atoms with van der Waals surface area (Å²) in [6, 6.07) is 5.15. The Morgan fingerprint density at radius 2 is 2.12 bits per heavy atom. The second-order valence-corrected chi connectivity index (χ2v) is 4.10. The maximum Gasteiger partial charge on any atom is 0.125 e. The summed E-state index contributed by atoms with van der Waals surface area (Å²) in [6.45, 7) is 4.35. The van der Waals surface area contributed by atoms with Crippen LogP contribution in [0.4, 0.5) is 0 Å². The molecule has 0 aromatic heterocycles. The van der Waals surface area contributed by atoms with Gasteiger partial charge in [-0.05, 0) is 32.4 Å². The van der Waals surface area contributed by atoms with Crippen LogP contribution in [0.5, 0.6) is 5.75 Å². The van der Waals surface area contributed by atoms with Gasteiger partial charge in [-0.25, -0.2) is 0 Å². The molecule has 17 heavy (non-hydrogen) atoms. The molecule has 0 bridgehead atoms. The van der Waals surface area contributed by atoms with Crippen LogP contribution in [-0.4, -0.2) is 29.5 Å². The van der Waals surface area contributed by atoms with E-state index in [1.54, 1.807) is 0 Å². The van der Waals surface area contributed by atoms with Crippen molar-refractivity contribution in [1.29, 1.82) is 0 Å². The fourth-order valence-corrected chi connectivity index (χ4v) is 1.72. The number of rotatable bonds is 6.